The zero-order valence-electron chi connectivity index (χ0n) is 20.9. The maximum atomic E-state index is 13.4. The molecular weight excluding hydrogens is 456 g/mol. The molecular formula is C28H34N4O4. The van der Waals surface area contributed by atoms with Crippen molar-refractivity contribution < 1.29 is 19.1 Å². The average Bonchev–Trinajstić information content (AvgIpc) is 3.55. The number of hydrogen-bond acceptors (Lipinski definition) is 6. The summed E-state index contributed by atoms with van der Waals surface area (Å²) in [5, 5.41) is 11.4. The van der Waals surface area contributed by atoms with Crippen molar-refractivity contribution in [3.8, 4) is 0 Å². The Balaban J connectivity index is 1.45. The van der Waals surface area contributed by atoms with E-state index < -0.39 is 0 Å². The van der Waals surface area contributed by atoms with Gasteiger partial charge >= 0.3 is 0 Å². The molecule has 0 spiro atoms. The fourth-order valence-electron chi connectivity index (χ4n) is 5.26. The number of aromatic nitrogens is 1. The van der Waals surface area contributed by atoms with Crippen LogP contribution in [0.1, 0.15) is 53.8 Å². The van der Waals surface area contributed by atoms with Crippen molar-refractivity contribution in [1.82, 2.24) is 14.8 Å². The number of fused-ring (bicyclic) bond motifs is 1. The van der Waals surface area contributed by atoms with Gasteiger partial charge in [0.15, 0.2) is 5.76 Å². The van der Waals surface area contributed by atoms with Crippen LogP contribution in [0.3, 0.4) is 0 Å². The van der Waals surface area contributed by atoms with Gasteiger partial charge in [0.1, 0.15) is 5.82 Å². The second kappa shape index (κ2) is 10.7. The van der Waals surface area contributed by atoms with Gasteiger partial charge in [0.2, 0.25) is 5.91 Å². The van der Waals surface area contributed by atoms with Crippen molar-refractivity contribution in [2.75, 3.05) is 37.6 Å². The lowest BCUT2D eigenvalue weighted by Crippen LogP contribution is -2.40. The number of pyridine rings is 1. The minimum atomic E-state index is -0.388. The first-order chi connectivity index (χ1) is 17.5. The van der Waals surface area contributed by atoms with Crippen LogP contribution >= 0.6 is 0 Å². The highest BCUT2D eigenvalue weighted by Crippen LogP contribution is 2.29. The van der Waals surface area contributed by atoms with Crippen LogP contribution in [0, 0.1) is 6.92 Å². The van der Waals surface area contributed by atoms with Crippen LogP contribution in [-0.2, 0) is 11.3 Å². The number of piperidine rings is 1. The molecule has 4 heterocycles. The standard InChI is InChI=1S/C28H34N4O4/c1-20-9-10-21-17-22(27(29-24(21)16-20)31-12-2-6-23(33)19-31)18-32(28(35)25-7-4-15-36-25)14-5-13-30-11-3-8-26(30)34/h4,7,9-10,15-17,23,33H,2-3,5-6,8,11-14,18-19H2,1H3/t23-/m0/s1. The van der Waals surface area contributed by atoms with Crippen LogP contribution in [0.2, 0.25) is 0 Å². The van der Waals surface area contributed by atoms with Gasteiger partial charge in [-0.15, -0.1) is 0 Å². The van der Waals surface area contributed by atoms with Gasteiger partial charge in [-0.25, -0.2) is 4.98 Å². The van der Waals surface area contributed by atoms with E-state index in [1.807, 2.05) is 11.8 Å². The summed E-state index contributed by atoms with van der Waals surface area (Å²) in [4.78, 5) is 36.3. The maximum Gasteiger partial charge on any atom is 0.289 e. The van der Waals surface area contributed by atoms with E-state index in [1.54, 1.807) is 17.0 Å². The monoisotopic (exact) mass is 490 g/mol. The molecule has 2 amide bonds. The smallest absolute Gasteiger partial charge is 0.289 e. The first-order valence-electron chi connectivity index (χ1n) is 12.9. The molecule has 1 N–H and O–H groups in total. The average molecular weight is 491 g/mol. The molecule has 2 fully saturated rings. The molecule has 0 aliphatic carbocycles. The van der Waals surface area contributed by atoms with E-state index in [1.165, 1.54) is 6.26 Å². The minimum Gasteiger partial charge on any atom is -0.459 e. The predicted octanol–water partition coefficient (Wildman–Crippen LogP) is 3.75. The van der Waals surface area contributed by atoms with Crippen molar-refractivity contribution in [2.45, 2.75) is 51.7 Å². The Kier molecular flexibility index (Phi) is 7.23. The number of rotatable bonds is 8. The fraction of sp³-hybridized carbons (Fsp3) is 0.464. The zero-order valence-corrected chi connectivity index (χ0v) is 20.9. The highest BCUT2D eigenvalue weighted by Gasteiger charge is 2.26. The quantitative estimate of drug-likeness (QED) is 0.517. The normalized spacial score (nSPS) is 18.3. The van der Waals surface area contributed by atoms with Crippen LogP contribution in [0.25, 0.3) is 10.9 Å². The van der Waals surface area contributed by atoms with Gasteiger partial charge in [-0.1, -0.05) is 12.1 Å². The van der Waals surface area contributed by atoms with Gasteiger partial charge in [0.25, 0.3) is 5.91 Å². The van der Waals surface area contributed by atoms with Crippen molar-refractivity contribution in [2.24, 2.45) is 0 Å². The topological polar surface area (TPSA) is 90.1 Å². The number of aliphatic hydroxyl groups excluding tert-OH is 1. The number of likely N-dealkylation sites (tertiary alicyclic amines) is 1. The molecule has 2 saturated heterocycles. The summed E-state index contributed by atoms with van der Waals surface area (Å²) < 4.78 is 5.44. The second-order valence-corrected chi connectivity index (χ2v) is 9.95. The lowest BCUT2D eigenvalue weighted by atomic mass is 10.0. The minimum absolute atomic E-state index is 0.179. The molecule has 2 aliphatic heterocycles. The number of amides is 2. The van der Waals surface area contributed by atoms with Crippen LogP contribution < -0.4 is 4.90 Å². The third-order valence-electron chi connectivity index (χ3n) is 7.13. The number of furan rings is 1. The summed E-state index contributed by atoms with van der Waals surface area (Å²) in [6.07, 6.45) is 5.01. The number of carbonyl (C=O) groups is 2. The Bertz CT molecular complexity index is 1230. The molecule has 190 valence electrons. The molecule has 1 atom stereocenters. The number of nitrogens with zero attached hydrogens (tertiary/aromatic N) is 4. The molecule has 8 heteroatoms. The first-order valence-corrected chi connectivity index (χ1v) is 12.9. The summed E-state index contributed by atoms with van der Waals surface area (Å²) in [6, 6.07) is 11.7. The van der Waals surface area contributed by atoms with Gasteiger partial charge in [-0.3, -0.25) is 9.59 Å². The Labute approximate surface area is 211 Å². The lowest BCUT2D eigenvalue weighted by Gasteiger charge is -2.33. The molecule has 36 heavy (non-hydrogen) atoms. The summed E-state index contributed by atoms with van der Waals surface area (Å²) in [5.41, 5.74) is 2.99. The Hall–Kier alpha value is -3.39. The Morgan fingerprint density at radius 2 is 2.11 bits per heavy atom. The Morgan fingerprint density at radius 3 is 2.86 bits per heavy atom. The van der Waals surface area contributed by atoms with Crippen LogP contribution in [0.5, 0.6) is 0 Å². The van der Waals surface area contributed by atoms with Crippen molar-refractivity contribution in [3.05, 3.63) is 59.5 Å². The molecule has 0 unspecified atom stereocenters. The fourth-order valence-corrected chi connectivity index (χ4v) is 5.26. The number of hydrogen-bond donors (Lipinski definition) is 1. The van der Waals surface area contributed by atoms with Gasteiger partial charge in [0, 0.05) is 56.6 Å². The second-order valence-electron chi connectivity index (χ2n) is 9.95. The predicted molar refractivity (Wildman–Crippen MR) is 138 cm³/mol. The third-order valence-corrected chi connectivity index (χ3v) is 7.13. The van der Waals surface area contributed by atoms with Crippen molar-refractivity contribution in [3.63, 3.8) is 0 Å². The molecule has 8 nitrogen and oxygen atoms in total. The molecule has 0 bridgehead atoms. The van der Waals surface area contributed by atoms with Crippen molar-refractivity contribution in [1.29, 1.82) is 0 Å². The molecule has 1 aromatic carbocycles. The molecule has 5 rings (SSSR count). The van der Waals surface area contributed by atoms with Crippen LogP contribution in [-0.4, -0.2) is 70.5 Å². The SMILES string of the molecule is Cc1ccc2cc(CN(CCCN3CCCC3=O)C(=O)c3ccco3)c(N3CCC[C@H](O)C3)nc2c1. The van der Waals surface area contributed by atoms with Crippen LogP contribution in [0.4, 0.5) is 5.82 Å². The van der Waals surface area contributed by atoms with E-state index in [9.17, 15) is 14.7 Å². The number of anilines is 1. The molecule has 3 aromatic rings. The lowest BCUT2D eigenvalue weighted by molar-refractivity contribution is -0.127. The number of benzene rings is 1. The first kappa shape index (κ1) is 24.3. The van der Waals surface area contributed by atoms with Gasteiger partial charge in [-0.05, 0) is 62.4 Å². The largest absolute Gasteiger partial charge is 0.459 e. The summed E-state index contributed by atoms with van der Waals surface area (Å²) in [7, 11) is 0. The summed E-state index contributed by atoms with van der Waals surface area (Å²) in [6.45, 7) is 5.69. The van der Waals surface area contributed by atoms with E-state index in [0.29, 0.717) is 44.8 Å². The van der Waals surface area contributed by atoms with E-state index in [4.69, 9.17) is 9.40 Å². The third kappa shape index (κ3) is 5.38. The molecule has 0 saturated carbocycles. The summed E-state index contributed by atoms with van der Waals surface area (Å²) >= 11 is 0. The van der Waals surface area contributed by atoms with E-state index in [-0.39, 0.29) is 17.9 Å². The van der Waals surface area contributed by atoms with Gasteiger partial charge in [-0.2, -0.15) is 0 Å². The maximum absolute atomic E-state index is 13.4. The zero-order chi connectivity index (χ0) is 25.1. The van der Waals surface area contributed by atoms with Crippen LogP contribution in [0.15, 0.2) is 47.1 Å². The summed E-state index contributed by atoms with van der Waals surface area (Å²) in [5.74, 6) is 1.13. The highest BCUT2D eigenvalue weighted by molar-refractivity contribution is 5.91. The van der Waals surface area contributed by atoms with E-state index >= 15 is 0 Å². The van der Waals surface area contributed by atoms with E-state index in [0.717, 1.165) is 60.2 Å². The highest BCUT2D eigenvalue weighted by atomic mass is 16.3. The molecule has 2 aliphatic rings. The number of carbonyl (C=O) groups excluding carboxylic acids is 2. The number of β-amino-alcohol motifs (C(OH)–C–C–N with tert-alkyl or cyclic N) is 1. The molecule has 0 radical (unpaired) electrons. The Morgan fingerprint density at radius 1 is 1.22 bits per heavy atom. The molecule has 2 aromatic heterocycles. The number of aryl methyl sites for hydroxylation is 1. The van der Waals surface area contributed by atoms with E-state index in [2.05, 4.69) is 29.2 Å². The van der Waals surface area contributed by atoms with Crippen molar-refractivity contribution >= 4 is 28.5 Å². The van der Waals surface area contributed by atoms with Gasteiger partial charge in [0.05, 0.1) is 17.9 Å². The number of aliphatic hydroxyl groups is 1. The van der Waals surface area contributed by atoms with Gasteiger partial charge < -0.3 is 24.2 Å².